The fraction of sp³-hybridized carbons (Fsp3) is 0.611. The van der Waals surface area contributed by atoms with Crippen LogP contribution in [0.1, 0.15) is 49.8 Å². The van der Waals surface area contributed by atoms with Crippen molar-refractivity contribution in [1.82, 2.24) is 4.90 Å². The molecule has 0 bridgehead atoms. The zero-order chi connectivity index (χ0) is 14.6. The molecule has 0 spiro atoms. The monoisotopic (exact) mass is 285 g/mol. The second-order valence-electron chi connectivity index (χ2n) is 7.02. The topological polar surface area (TPSA) is 29.5 Å². The molecule has 1 unspecified atom stereocenters. The van der Waals surface area contributed by atoms with Crippen LogP contribution in [0.15, 0.2) is 18.2 Å². The van der Waals surface area contributed by atoms with Crippen molar-refractivity contribution in [3.8, 4) is 5.75 Å². The number of carbonyl (C=O) groups excluding carboxylic acids is 1. The number of piperidine rings is 1. The molecule has 3 nitrogen and oxygen atoms in total. The highest BCUT2D eigenvalue weighted by Crippen LogP contribution is 2.52. The van der Waals surface area contributed by atoms with Crippen LogP contribution in [0.3, 0.4) is 0 Å². The molecule has 3 atom stereocenters. The maximum absolute atomic E-state index is 12.7. The van der Waals surface area contributed by atoms with Gasteiger partial charge in [0.25, 0.3) is 0 Å². The second-order valence-corrected chi connectivity index (χ2v) is 7.02. The van der Waals surface area contributed by atoms with Gasteiger partial charge < -0.3 is 4.74 Å². The van der Waals surface area contributed by atoms with Crippen LogP contribution in [-0.4, -0.2) is 30.4 Å². The highest BCUT2D eigenvalue weighted by atomic mass is 16.5. The average Bonchev–Trinajstić information content (AvgIpc) is 2.90. The summed E-state index contributed by atoms with van der Waals surface area (Å²) in [5, 5.41) is 0. The van der Waals surface area contributed by atoms with Crippen molar-refractivity contribution < 1.29 is 9.53 Å². The summed E-state index contributed by atoms with van der Waals surface area (Å²) in [4.78, 5) is 15.4. The summed E-state index contributed by atoms with van der Waals surface area (Å²) in [6, 6.07) is 7.12. The Labute approximate surface area is 126 Å². The number of nitrogens with zero attached hydrogens (tertiary/aromatic N) is 1. The Bertz CT molecular complexity index is 597. The van der Waals surface area contributed by atoms with Crippen LogP contribution in [0.4, 0.5) is 0 Å². The summed E-state index contributed by atoms with van der Waals surface area (Å²) >= 11 is 0. The van der Waals surface area contributed by atoms with Gasteiger partial charge in [-0.3, -0.25) is 9.69 Å². The Morgan fingerprint density at radius 3 is 3.05 bits per heavy atom. The molecule has 1 saturated heterocycles. The summed E-state index contributed by atoms with van der Waals surface area (Å²) in [5.74, 6) is 1.41. The van der Waals surface area contributed by atoms with Crippen LogP contribution in [0.2, 0.25) is 0 Å². The van der Waals surface area contributed by atoms with E-state index in [0.717, 1.165) is 25.1 Å². The number of benzene rings is 1. The van der Waals surface area contributed by atoms with Crippen LogP contribution in [-0.2, 0) is 11.2 Å². The van der Waals surface area contributed by atoms with Crippen LogP contribution < -0.4 is 4.74 Å². The minimum atomic E-state index is -0.0829. The smallest absolute Gasteiger partial charge is 0.142 e. The Kier molecular flexibility index (Phi) is 2.90. The van der Waals surface area contributed by atoms with E-state index in [1.165, 1.54) is 24.0 Å². The number of Topliss-reactive ketones (excluding diaryl/α,β-unsaturated/α-hetero) is 1. The van der Waals surface area contributed by atoms with E-state index in [1.807, 2.05) is 6.07 Å². The molecule has 4 rings (SSSR count). The fourth-order valence-electron chi connectivity index (χ4n) is 4.85. The minimum absolute atomic E-state index is 0.0829. The molecular weight excluding hydrogens is 262 g/mol. The molecule has 0 aromatic heterocycles. The van der Waals surface area contributed by atoms with Gasteiger partial charge in [-0.2, -0.15) is 0 Å². The van der Waals surface area contributed by atoms with Crippen molar-refractivity contribution in [1.29, 1.82) is 0 Å². The van der Waals surface area contributed by atoms with E-state index in [0.29, 0.717) is 24.3 Å². The molecule has 0 radical (unpaired) electrons. The third-order valence-corrected chi connectivity index (χ3v) is 6.07. The highest BCUT2D eigenvalue weighted by molar-refractivity contribution is 5.87. The second kappa shape index (κ2) is 4.57. The summed E-state index contributed by atoms with van der Waals surface area (Å²) in [6.45, 7) is 3.28. The SMILES string of the molecule is COc1ccc2c(c1)CCN1C2CC(=O)[C@]2(C)CCC[C@H]12. The first kappa shape index (κ1) is 13.3. The number of ether oxygens (including phenoxy) is 1. The quantitative estimate of drug-likeness (QED) is 0.794. The van der Waals surface area contributed by atoms with E-state index in [-0.39, 0.29) is 5.41 Å². The molecule has 1 aromatic rings. The van der Waals surface area contributed by atoms with E-state index >= 15 is 0 Å². The molecule has 21 heavy (non-hydrogen) atoms. The lowest BCUT2D eigenvalue weighted by molar-refractivity contribution is -0.139. The van der Waals surface area contributed by atoms with Gasteiger partial charge in [0.2, 0.25) is 0 Å². The molecule has 2 fully saturated rings. The van der Waals surface area contributed by atoms with Gasteiger partial charge in [-0.15, -0.1) is 0 Å². The number of methoxy groups -OCH3 is 1. The first-order valence-electron chi connectivity index (χ1n) is 8.09. The van der Waals surface area contributed by atoms with Gasteiger partial charge in [-0.1, -0.05) is 19.4 Å². The third-order valence-electron chi connectivity index (χ3n) is 6.07. The van der Waals surface area contributed by atoms with Gasteiger partial charge in [0.15, 0.2) is 0 Å². The molecule has 3 aliphatic rings. The fourth-order valence-corrected chi connectivity index (χ4v) is 4.85. The average molecular weight is 285 g/mol. The molecule has 1 aliphatic carbocycles. The van der Waals surface area contributed by atoms with Gasteiger partial charge >= 0.3 is 0 Å². The minimum Gasteiger partial charge on any atom is -0.497 e. The van der Waals surface area contributed by atoms with Crippen LogP contribution >= 0.6 is 0 Å². The van der Waals surface area contributed by atoms with Crippen molar-refractivity contribution >= 4 is 5.78 Å². The number of fused-ring (bicyclic) bond motifs is 5. The molecular formula is C18H23NO2. The van der Waals surface area contributed by atoms with Crippen molar-refractivity contribution in [3.63, 3.8) is 0 Å². The molecule has 2 aliphatic heterocycles. The lowest BCUT2D eigenvalue weighted by atomic mass is 9.70. The zero-order valence-electron chi connectivity index (χ0n) is 12.9. The van der Waals surface area contributed by atoms with Gasteiger partial charge in [-0.05, 0) is 42.5 Å². The first-order chi connectivity index (χ1) is 10.1. The van der Waals surface area contributed by atoms with Crippen LogP contribution in [0.25, 0.3) is 0 Å². The normalized spacial score (nSPS) is 35.0. The van der Waals surface area contributed by atoms with Crippen molar-refractivity contribution in [2.24, 2.45) is 5.41 Å². The number of hydrogen-bond acceptors (Lipinski definition) is 3. The molecule has 0 N–H and O–H groups in total. The Balaban J connectivity index is 1.74. The summed E-state index contributed by atoms with van der Waals surface area (Å²) in [7, 11) is 1.71. The van der Waals surface area contributed by atoms with Crippen LogP contribution in [0.5, 0.6) is 5.75 Å². The highest BCUT2D eigenvalue weighted by Gasteiger charge is 2.53. The summed E-state index contributed by atoms with van der Waals surface area (Å²) in [6.07, 6.45) is 5.22. The Morgan fingerprint density at radius 2 is 2.24 bits per heavy atom. The molecule has 3 heteroatoms. The first-order valence-corrected chi connectivity index (χ1v) is 8.09. The van der Waals surface area contributed by atoms with Gasteiger partial charge in [0.1, 0.15) is 11.5 Å². The largest absolute Gasteiger partial charge is 0.497 e. The predicted molar refractivity (Wildman–Crippen MR) is 81.5 cm³/mol. The van der Waals surface area contributed by atoms with E-state index in [2.05, 4.69) is 24.0 Å². The number of ketones is 1. The van der Waals surface area contributed by atoms with Gasteiger partial charge in [-0.25, -0.2) is 0 Å². The molecule has 0 amide bonds. The molecule has 2 heterocycles. The molecule has 1 saturated carbocycles. The van der Waals surface area contributed by atoms with E-state index in [4.69, 9.17) is 4.74 Å². The molecule has 112 valence electrons. The lowest BCUT2D eigenvalue weighted by Crippen LogP contribution is -2.56. The number of carbonyl (C=O) groups is 1. The summed E-state index contributed by atoms with van der Waals surface area (Å²) in [5.41, 5.74) is 2.63. The van der Waals surface area contributed by atoms with Gasteiger partial charge in [0, 0.05) is 30.5 Å². The summed E-state index contributed by atoms with van der Waals surface area (Å²) < 4.78 is 5.34. The third kappa shape index (κ3) is 1.80. The number of hydrogen-bond donors (Lipinski definition) is 0. The van der Waals surface area contributed by atoms with Crippen molar-refractivity contribution in [2.45, 2.75) is 51.1 Å². The molecule has 1 aromatic carbocycles. The maximum atomic E-state index is 12.7. The van der Waals surface area contributed by atoms with Crippen molar-refractivity contribution in [3.05, 3.63) is 29.3 Å². The zero-order valence-corrected chi connectivity index (χ0v) is 12.9. The van der Waals surface area contributed by atoms with E-state index in [9.17, 15) is 4.79 Å². The van der Waals surface area contributed by atoms with Crippen LogP contribution in [0, 0.1) is 5.41 Å². The maximum Gasteiger partial charge on any atom is 0.142 e. The van der Waals surface area contributed by atoms with Crippen molar-refractivity contribution in [2.75, 3.05) is 13.7 Å². The number of rotatable bonds is 1. The standard InChI is InChI=1S/C18H23NO2/c1-18-8-3-4-16(18)19-9-7-12-10-13(21-2)5-6-14(12)15(19)11-17(18)20/h5-6,10,15-16H,3-4,7-9,11H2,1-2H3/t15?,16-,18+/m0/s1. The Morgan fingerprint density at radius 1 is 1.38 bits per heavy atom. The van der Waals surface area contributed by atoms with E-state index in [1.54, 1.807) is 7.11 Å². The lowest BCUT2D eigenvalue weighted by Gasteiger charge is -2.50. The van der Waals surface area contributed by atoms with Gasteiger partial charge in [0.05, 0.1) is 7.11 Å². The Hall–Kier alpha value is -1.35. The predicted octanol–water partition coefficient (Wildman–Crippen LogP) is 3.13. The van der Waals surface area contributed by atoms with E-state index < -0.39 is 0 Å².